The van der Waals surface area contributed by atoms with Crippen LogP contribution in [0.2, 0.25) is 0 Å². The highest BCUT2D eigenvalue weighted by Gasteiger charge is 2.45. The fourth-order valence-corrected chi connectivity index (χ4v) is 1.77. The van der Waals surface area contributed by atoms with Gasteiger partial charge in [-0.05, 0) is 30.1 Å². The molecule has 16 heavy (non-hydrogen) atoms. The van der Waals surface area contributed by atoms with E-state index in [2.05, 4.69) is 43.4 Å². The third-order valence-electron chi connectivity index (χ3n) is 3.48. The number of rotatable bonds is 5. The van der Waals surface area contributed by atoms with Crippen molar-refractivity contribution in [2.75, 3.05) is 13.1 Å². The second kappa shape index (κ2) is 5.53. The molecule has 1 aliphatic rings. The molecular weight excluding hydrogens is 200 g/mol. The smallest absolute Gasteiger partial charge is 0.205 e. The van der Waals surface area contributed by atoms with Gasteiger partial charge in [0.05, 0.1) is 0 Å². The first-order valence-corrected chi connectivity index (χ1v) is 6.25. The van der Waals surface area contributed by atoms with Crippen LogP contribution in [0.25, 0.3) is 0 Å². The molecule has 4 heteroatoms. The molecule has 1 fully saturated rings. The molecule has 0 spiro atoms. The Bertz CT molecular complexity index is 241. The Hall–Kier alpha value is -0.770. The molecule has 0 aromatic rings. The van der Waals surface area contributed by atoms with Gasteiger partial charge in [0.1, 0.15) is 0 Å². The maximum atomic E-state index is 5.44. The van der Waals surface area contributed by atoms with E-state index in [1.54, 1.807) is 0 Å². The lowest BCUT2D eigenvalue weighted by Gasteiger charge is -2.18. The van der Waals surface area contributed by atoms with Crippen molar-refractivity contribution in [1.29, 1.82) is 0 Å². The van der Waals surface area contributed by atoms with Gasteiger partial charge in [0.2, 0.25) is 5.96 Å². The number of hydrogen-bond donors (Lipinski definition) is 3. The van der Waals surface area contributed by atoms with Gasteiger partial charge >= 0.3 is 0 Å². The van der Waals surface area contributed by atoms with Crippen molar-refractivity contribution in [3.8, 4) is 0 Å². The first-order chi connectivity index (χ1) is 7.50. The zero-order chi connectivity index (χ0) is 12.2. The highest BCUT2D eigenvalue weighted by molar-refractivity contribution is 5.79. The van der Waals surface area contributed by atoms with Gasteiger partial charge in [-0.3, -0.25) is 10.4 Å². The summed E-state index contributed by atoms with van der Waals surface area (Å²) in [4.78, 5) is 4.54. The van der Waals surface area contributed by atoms with Crippen LogP contribution in [0.15, 0.2) is 4.99 Å². The van der Waals surface area contributed by atoms with Crippen molar-refractivity contribution in [2.45, 2.75) is 40.5 Å². The van der Waals surface area contributed by atoms with E-state index in [1.165, 1.54) is 12.8 Å². The Morgan fingerprint density at radius 1 is 1.31 bits per heavy atom. The number of hydrazine groups is 1. The number of hydrogen-bond acceptors (Lipinski definition) is 2. The molecule has 0 unspecified atom stereocenters. The van der Waals surface area contributed by atoms with E-state index in [4.69, 9.17) is 5.84 Å². The molecule has 0 saturated heterocycles. The van der Waals surface area contributed by atoms with E-state index in [1.807, 2.05) is 0 Å². The van der Waals surface area contributed by atoms with Crippen molar-refractivity contribution in [3.63, 3.8) is 0 Å². The van der Waals surface area contributed by atoms with Crippen LogP contribution in [0.1, 0.15) is 40.5 Å². The van der Waals surface area contributed by atoms with Gasteiger partial charge in [-0.1, -0.05) is 27.7 Å². The lowest BCUT2D eigenvalue weighted by atomic mass is 9.93. The summed E-state index contributed by atoms with van der Waals surface area (Å²) in [5.74, 6) is 7.47. The van der Waals surface area contributed by atoms with E-state index in [0.29, 0.717) is 17.3 Å². The molecule has 1 rings (SSSR count). The molecule has 1 saturated carbocycles. The van der Waals surface area contributed by atoms with E-state index in [0.717, 1.165) is 19.0 Å². The molecule has 0 heterocycles. The Morgan fingerprint density at radius 3 is 2.31 bits per heavy atom. The standard InChI is InChI=1S/C12H26N4/c1-9(2)7-14-11(16-13)15-8-12(5-6-12)10(3)4/h9-10H,5-8,13H2,1-4H3,(H2,14,15,16). The Balaban J connectivity index is 2.41. The lowest BCUT2D eigenvalue weighted by Crippen LogP contribution is -2.43. The summed E-state index contributed by atoms with van der Waals surface area (Å²) in [7, 11) is 0. The zero-order valence-corrected chi connectivity index (χ0v) is 11.0. The van der Waals surface area contributed by atoms with Crippen LogP contribution in [0.5, 0.6) is 0 Å². The average molecular weight is 226 g/mol. The zero-order valence-electron chi connectivity index (χ0n) is 11.0. The molecule has 1 aliphatic carbocycles. The second-order valence-corrected chi connectivity index (χ2v) is 5.60. The van der Waals surface area contributed by atoms with Crippen molar-refractivity contribution < 1.29 is 0 Å². The van der Waals surface area contributed by atoms with Crippen LogP contribution in [0.3, 0.4) is 0 Å². The molecule has 0 aromatic heterocycles. The number of aliphatic imine (C=N–C) groups is 1. The van der Waals surface area contributed by atoms with Crippen molar-refractivity contribution in [2.24, 2.45) is 28.1 Å². The van der Waals surface area contributed by atoms with Gasteiger partial charge in [0.15, 0.2) is 0 Å². The summed E-state index contributed by atoms with van der Waals surface area (Å²) >= 11 is 0. The maximum Gasteiger partial charge on any atom is 0.205 e. The summed E-state index contributed by atoms with van der Waals surface area (Å²) in [5.41, 5.74) is 3.08. The largest absolute Gasteiger partial charge is 0.355 e. The quantitative estimate of drug-likeness (QED) is 0.288. The van der Waals surface area contributed by atoms with Gasteiger partial charge < -0.3 is 5.32 Å². The number of nitrogens with two attached hydrogens (primary N) is 1. The third-order valence-corrected chi connectivity index (χ3v) is 3.48. The fraction of sp³-hybridized carbons (Fsp3) is 0.917. The average Bonchev–Trinajstić information content (AvgIpc) is 2.99. The first-order valence-electron chi connectivity index (χ1n) is 6.25. The van der Waals surface area contributed by atoms with E-state index in [9.17, 15) is 0 Å². The summed E-state index contributed by atoms with van der Waals surface area (Å²) in [6, 6.07) is 0. The molecule has 0 atom stereocenters. The predicted molar refractivity (Wildman–Crippen MR) is 69.0 cm³/mol. The molecule has 4 N–H and O–H groups in total. The van der Waals surface area contributed by atoms with Crippen LogP contribution in [0, 0.1) is 17.3 Å². The van der Waals surface area contributed by atoms with Gasteiger partial charge in [0, 0.05) is 13.1 Å². The number of nitrogens with zero attached hydrogens (tertiary/aromatic N) is 1. The van der Waals surface area contributed by atoms with Crippen LogP contribution in [0.4, 0.5) is 0 Å². The second-order valence-electron chi connectivity index (χ2n) is 5.60. The van der Waals surface area contributed by atoms with Crippen molar-refractivity contribution in [3.05, 3.63) is 0 Å². The van der Waals surface area contributed by atoms with Crippen LogP contribution in [-0.4, -0.2) is 19.0 Å². The van der Waals surface area contributed by atoms with Gasteiger partial charge in [-0.2, -0.15) is 0 Å². The molecule has 0 amide bonds. The van der Waals surface area contributed by atoms with Crippen LogP contribution < -0.4 is 16.6 Å². The Labute approximate surface area is 99.1 Å². The fourth-order valence-electron chi connectivity index (χ4n) is 1.77. The highest BCUT2D eigenvalue weighted by Crippen LogP contribution is 2.51. The van der Waals surface area contributed by atoms with Gasteiger partial charge in [-0.15, -0.1) is 0 Å². The van der Waals surface area contributed by atoms with Crippen molar-refractivity contribution >= 4 is 5.96 Å². The van der Waals surface area contributed by atoms with Crippen LogP contribution in [-0.2, 0) is 0 Å². The molecular formula is C12H26N4. The summed E-state index contributed by atoms with van der Waals surface area (Å²) < 4.78 is 0. The minimum Gasteiger partial charge on any atom is -0.355 e. The molecule has 4 nitrogen and oxygen atoms in total. The monoisotopic (exact) mass is 226 g/mol. The van der Waals surface area contributed by atoms with Crippen molar-refractivity contribution in [1.82, 2.24) is 10.7 Å². The predicted octanol–water partition coefficient (Wildman–Crippen LogP) is 1.49. The van der Waals surface area contributed by atoms with Crippen LogP contribution >= 0.6 is 0 Å². The van der Waals surface area contributed by atoms with E-state index < -0.39 is 0 Å². The van der Waals surface area contributed by atoms with E-state index in [-0.39, 0.29) is 0 Å². The number of nitrogens with one attached hydrogen (secondary N) is 2. The summed E-state index contributed by atoms with van der Waals surface area (Å²) in [5, 5.41) is 3.22. The Kier molecular flexibility index (Phi) is 4.59. The topological polar surface area (TPSA) is 62.4 Å². The SMILES string of the molecule is CC(C)CNC(=NCC1(C(C)C)CC1)NN. The summed E-state index contributed by atoms with van der Waals surface area (Å²) in [6.07, 6.45) is 2.60. The molecule has 0 bridgehead atoms. The third kappa shape index (κ3) is 3.67. The normalized spacial score (nSPS) is 19.1. The molecule has 0 aromatic carbocycles. The minimum atomic E-state index is 0.446. The molecule has 94 valence electrons. The van der Waals surface area contributed by atoms with E-state index >= 15 is 0 Å². The Morgan fingerprint density at radius 2 is 1.94 bits per heavy atom. The molecule has 0 radical (unpaired) electrons. The minimum absolute atomic E-state index is 0.446. The summed E-state index contributed by atoms with van der Waals surface area (Å²) in [6.45, 7) is 10.7. The number of guanidine groups is 1. The maximum absolute atomic E-state index is 5.44. The van der Waals surface area contributed by atoms with Gasteiger partial charge in [0.25, 0.3) is 0 Å². The molecule has 0 aliphatic heterocycles. The highest BCUT2D eigenvalue weighted by atomic mass is 15.3. The lowest BCUT2D eigenvalue weighted by molar-refractivity contribution is 0.370. The first kappa shape index (κ1) is 13.3. The van der Waals surface area contributed by atoms with Gasteiger partial charge in [-0.25, -0.2) is 5.84 Å².